The summed E-state index contributed by atoms with van der Waals surface area (Å²) >= 11 is 4.85. The van der Waals surface area contributed by atoms with Gasteiger partial charge in [-0.3, -0.25) is 0 Å². The maximum atomic E-state index is 9.98. The molecule has 0 saturated carbocycles. The Bertz CT molecular complexity index is 294. The summed E-state index contributed by atoms with van der Waals surface area (Å²) in [7, 11) is 0. The Labute approximate surface area is 90.5 Å². The Hall–Kier alpha value is -0.450. The van der Waals surface area contributed by atoms with Gasteiger partial charge in [-0.15, -0.1) is 0 Å². The molecule has 0 aromatic heterocycles. The first kappa shape index (κ1) is 11.6. The SMILES string of the molecule is CC1(C)CC(=CC(N)=S)C(C)(C)N1O. The highest BCUT2D eigenvalue weighted by atomic mass is 32.1. The van der Waals surface area contributed by atoms with Crippen LogP contribution in [0.25, 0.3) is 0 Å². The molecule has 0 bridgehead atoms. The van der Waals surface area contributed by atoms with E-state index in [0.717, 1.165) is 12.0 Å². The molecule has 3 N–H and O–H groups in total. The van der Waals surface area contributed by atoms with Crippen LogP contribution in [-0.2, 0) is 0 Å². The van der Waals surface area contributed by atoms with Crippen LogP contribution >= 0.6 is 12.2 Å². The zero-order chi connectivity index (χ0) is 11.1. The maximum absolute atomic E-state index is 9.98. The molecule has 1 heterocycles. The molecule has 80 valence electrons. The number of nitrogens with two attached hydrogens (primary N) is 1. The highest BCUT2D eigenvalue weighted by Crippen LogP contribution is 2.42. The lowest BCUT2D eigenvalue weighted by Crippen LogP contribution is -2.46. The lowest BCUT2D eigenvalue weighted by atomic mass is 9.93. The summed E-state index contributed by atoms with van der Waals surface area (Å²) in [6.07, 6.45) is 2.57. The van der Waals surface area contributed by atoms with Crippen LogP contribution in [0.1, 0.15) is 34.1 Å². The molecule has 4 heteroatoms. The van der Waals surface area contributed by atoms with E-state index in [1.54, 1.807) is 6.08 Å². The maximum Gasteiger partial charge on any atom is 0.0962 e. The second kappa shape index (κ2) is 3.29. The quantitative estimate of drug-likeness (QED) is 0.516. The van der Waals surface area contributed by atoms with Gasteiger partial charge in [-0.25, -0.2) is 0 Å². The zero-order valence-corrected chi connectivity index (χ0v) is 9.98. The Morgan fingerprint density at radius 3 is 2.29 bits per heavy atom. The average Bonchev–Trinajstić information content (AvgIpc) is 2.12. The second-order valence-corrected chi connectivity index (χ2v) is 5.40. The van der Waals surface area contributed by atoms with Crippen molar-refractivity contribution in [2.75, 3.05) is 0 Å². The number of nitrogens with zero attached hydrogens (tertiary/aromatic N) is 1. The minimum Gasteiger partial charge on any atom is -0.390 e. The summed E-state index contributed by atoms with van der Waals surface area (Å²) < 4.78 is 0. The highest BCUT2D eigenvalue weighted by molar-refractivity contribution is 7.80. The van der Waals surface area contributed by atoms with Gasteiger partial charge >= 0.3 is 0 Å². The molecule has 0 spiro atoms. The minimum absolute atomic E-state index is 0.250. The van der Waals surface area contributed by atoms with Gasteiger partial charge in [0.1, 0.15) is 0 Å². The van der Waals surface area contributed by atoms with Gasteiger partial charge in [0.05, 0.1) is 10.5 Å². The number of hydrogen-bond donors (Lipinski definition) is 2. The fourth-order valence-corrected chi connectivity index (χ4v) is 2.19. The van der Waals surface area contributed by atoms with Gasteiger partial charge < -0.3 is 10.9 Å². The smallest absolute Gasteiger partial charge is 0.0962 e. The van der Waals surface area contributed by atoms with Crippen molar-refractivity contribution >= 4 is 17.2 Å². The van der Waals surface area contributed by atoms with E-state index in [-0.39, 0.29) is 11.1 Å². The minimum atomic E-state index is -0.382. The van der Waals surface area contributed by atoms with E-state index in [1.807, 2.05) is 27.7 Å². The summed E-state index contributed by atoms with van der Waals surface area (Å²) in [5, 5.41) is 11.4. The molecule has 0 unspecified atom stereocenters. The number of hydroxylamine groups is 2. The van der Waals surface area contributed by atoms with Gasteiger partial charge in [0.25, 0.3) is 0 Å². The molecule has 1 aliphatic rings. The van der Waals surface area contributed by atoms with E-state index < -0.39 is 0 Å². The normalized spacial score (nSPS) is 28.2. The third-order valence-corrected chi connectivity index (χ3v) is 2.95. The van der Waals surface area contributed by atoms with Crippen molar-refractivity contribution in [3.63, 3.8) is 0 Å². The molecule has 1 fully saturated rings. The van der Waals surface area contributed by atoms with E-state index in [4.69, 9.17) is 18.0 Å². The van der Waals surface area contributed by atoms with Crippen LogP contribution in [0.5, 0.6) is 0 Å². The third-order valence-electron chi connectivity index (χ3n) is 2.83. The average molecular weight is 214 g/mol. The number of thiocarbonyl (C=S) groups is 1. The Morgan fingerprint density at radius 1 is 1.50 bits per heavy atom. The topological polar surface area (TPSA) is 49.5 Å². The van der Waals surface area contributed by atoms with Gasteiger partial charge in [0.15, 0.2) is 0 Å². The molecule has 1 saturated heterocycles. The summed E-state index contributed by atoms with van der Waals surface area (Å²) in [5.74, 6) is 0. The molecule has 0 atom stereocenters. The molecular formula is C10H18N2OS. The molecular weight excluding hydrogens is 196 g/mol. The Kier molecular flexibility index (Phi) is 2.73. The second-order valence-electron chi connectivity index (χ2n) is 4.93. The standard InChI is InChI=1S/C10H18N2OS/c1-9(2)6-7(5-8(11)14)10(3,4)12(9)13/h5,13H,6H2,1-4H3,(H2,11,14). The van der Waals surface area contributed by atoms with Crippen LogP contribution in [0, 0.1) is 0 Å². The van der Waals surface area contributed by atoms with Gasteiger partial charge in [0, 0.05) is 5.54 Å². The summed E-state index contributed by atoms with van der Waals surface area (Å²) in [6.45, 7) is 7.92. The van der Waals surface area contributed by atoms with E-state index >= 15 is 0 Å². The lowest BCUT2D eigenvalue weighted by Gasteiger charge is -2.34. The first-order valence-electron chi connectivity index (χ1n) is 4.67. The molecule has 0 radical (unpaired) electrons. The molecule has 0 aromatic carbocycles. The van der Waals surface area contributed by atoms with Crippen LogP contribution in [0.15, 0.2) is 11.6 Å². The summed E-state index contributed by atoms with van der Waals surface area (Å²) in [6, 6.07) is 0. The van der Waals surface area contributed by atoms with Crippen molar-refractivity contribution in [2.24, 2.45) is 5.73 Å². The summed E-state index contributed by atoms with van der Waals surface area (Å²) in [5.41, 5.74) is 5.93. The highest BCUT2D eigenvalue weighted by Gasteiger charge is 2.47. The van der Waals surface area contributed by atoms with Crippen molar-refractivity contribution in [1.29, 1.82) is 0 Å². The molecule has 0 aliphatic carbocycles. The summed E-state index contributed by atoms with van der Waals surface area (Å²) in [4.78, 5) is 0.374. The first-order valence-corrected chi connectivity index (χ1v) is 5.08. The predicted molar refractivity (Wildman–Crippen MR) is 61.3 cm³/mol. The van der Waals surface area contributed by atoms with Crippen molar-refractivity contribution in [3.8, 4) is 0 Å². The molecule has 0 aromatic rings. The number of rotatable bonds is 1. The molecule has 3 nitrogen and oxygen atoms in total. The van der Waals surface area contributed by atoms with Crippen molar-refractivity contribution in [1.82, 2.24) is 5.06 Å². The largest absolute Gasteiger partial charge is 0.390 e. The van der Waals surface area contributed by atoms with Crippen molar-refractivity contribution < 1.29 is 5.21 Å². The molecule has 1 rings (SSSR count). The van der Waals surface area contributed by atoms with Gasteiger partial charge in [-0.05, 0) is 45.8 Å². The van der Waals surface area contributed by atoms with Gasteiger partial charge in [-0.1, -0.05) is 12.2 Å². The van der Waals surface area contributed by atoms with Crippen LogP contribution in [0.2, 0.25) is 0 Å². The van der Waals surface area contributed by atoms with Crippen molar-refractivity contribution in [3.05, 3.63) is 11.6 Å². The fraction of sp³-hybridized carbons (Fsp3) is 0.700. The van der Waals surface area contributed by atoms with E-state index in [9.17, 15) is 5.21 Å². The van der Waals surface area contributed by atoms with Crippen LogP contribution in [-0.4, -0.2) is 26.3 Å². The zero-order valence-electron chi connectivity index (χ0n) is 9.16. The molecule has 14 heavy (non-hydrogen) atoms. The first-order chi connectivity index (χ1) is 6.18. The lowest BCUT2D eigenvalue weighted by molar-refractivity contribution is -0.187. The van der Waals surface area contributed by atoms with Gasteiger partial charge in [-0.2, -0.15) is 5.06 Å². The van der Waals surface area contributed by atoms with E-state index in [0.29, 0.717) is 4.99 Å². The fourth-order valence-electron chi connectivity index (χ4n) is 2.05. The van der Waals surface area contributed by atoms with Crippen LogP contribution in [0.4, 0.5) is 0 Å². The van der Waals surface area contributed by atoms with Crippen LogP contribution < -0.4 is 5.73 Å². The van der Waals surface area contributed by atoms with E-state index in [2.05, 4.69) is 0 Å². The van der Waals surface area contributed by atoms with Crippen LogP contribution in [0.3, 0.4) is 0 Å². The Morgan fingerprint density at radius 2 is 2.00 bits per heavy atom. The predicted octanol–water partition coefficient (Wildman–Crippen LogP) is 1.85. The monoisotopic (exact) mass is 214 g/mol. The van der Waals surface area contributed by atoms with Crippen molar-refractivity contribution in [2.45, 2.75) is 45.2 Å². The van der Waals surface area contributed by atoms with E-state index in [1.165, 1.54) is 5.06 Å². The Balaban J connectivity index is 3.09. The third kappa shape index (κ3) is 1.82. The van der Waals surface area contributed by atoms with Gasteiger partial charge in [0.2, 0.25) is 0 Å². The molecule has 0 amide bonds. The molecule has 1 aliphatic heterocycles. The number of hydrogen-bond acceptors (Lipinski definition) is 3.